The molecule has 0 heterocycles. The van der Waals surface area contributed by atoms with Crippen LogP contribution < -0.4 is 0 Å². The highest BCUT2D eigenvalue weighted by Gasteiger charge is 2.08. The van der Waals surface area contributed by atoms with Crippen LogP contribution in [0.3, 0.4) is 0 Å². The Morgan fingerprint density at radius 1 is 0.944 bits per heavy atom. The van der Waals surface area contributed by atoms with Gasteiger partial charge in [-0.15, -0.1) is 0 Å². The maximum atomic E-state index is 11.8. The fourth-order valence-electron chi connectivity index (χ4n) is 1.80. The van der Waals surface area contributed by atoms with E-state index in [1.54, 1.807) is 12.1 Å². The second-order valence-corrected chi connectivity index (χ2v) is 4.16. The summed E-state index contributed by atoms with van der Waals surface area (Å²) >= 11 is 0. The van der Waals surface area contributed by atoms with Crippen LogP contribution in [-0.4, -0.2) is 16.7 Å². The SMILES string of the molecule is [O-]N(CCc1ccccc1)C(O)c1ccccc1. The molecule has 0 fully saturated rings. The largest absolute Gasteiger partial charge is 0.783 e. The molecule has 0 spiro atoms. The lowest BCUT2D eigenvalue weighted by Crippen LogP contribution is -2.24. The van der Waals surface area contributed by atoms with Gasteiger partial charge in [-0.3, -0.25) is 0 Å². The molecule has 0 saturated carbocycles. The van der Waals surface area contributed by atoms with E-state index in [1.807, 2.05) is 48.5 Å². The number of hydrogen-bond donors (Lipinski definition) is 1. The molecule has 94 valence electrons. The molecule has 18 heavy (non-hydrogen) atoms. The molecule has 0 radical (unpaired) electrons. The molecule has 0 saturated heterocycles. The molecular weight excluding hydrogens is 226 g/mol. The third-order valence-corrected chi connectivity index (χ3v) is 2.83. The molecule has 0 amide bonds. The van der Waals surface area contributed by atoms with Gasteiger partial charge in [0, 0.05) is 0 Å². The van der Waals surface area contributed by atoms with Crippen molar-refractivity contribution >= 4 is 0 Å². The van der Waals surface area contributed by atoms with Gasteiger partial charge in [0.15, 0.2) is 0 Å². The molecule has 2 rings (SSSR count). The minimum Gasteiger partial charge on any atom is -0.783 e. The first-order chi connectivity index (χ1) is 8.77. The third-order valence-electron chi connectivity index (χ3n) is 2.83. The molecular formula is C15H16NO2-. The summed E-state index contributed by atoms with van der Waals surface area (Å²) in [6.07, 6.45) is -0.455. The van der Waals surface area contributed by atoms with Gasteiger partial charge < -0.3 is 15.4 Å². The van der Waals surface area contributed by atoms with Crippen molar-refractivity contribution in [3.63, 3.8) is 0 Å². The fraction of sp³-hybridized carbons (Fsp3) is 0.200. The Morgan fingerprint density at radius 2 is 1.50 bits per heavy atom. The van der Waals surface area contributed by atoms with E-state index >= 15 is 0 Å². The summed E-state index contributed by atoms with van der Waals surface area (Å²) in [5, 5.41) is 22.4. The van der Waals surface area contributed by atoms with E-state index in [1.165, 1.54) is 0 Å². The predicted molar refractivity (Wildman–Crippen MR) is 71.6 cm³/mol. The first-order valence-electron chi connectivity index (χ1n) is 5.98. The lowest BCUT2D eigenvalue weighted by atomic mass is 10.1. The summed E-state index contributed by atoms with van der Waals surface area (Å²) in [6.45, 7) is 0.278. The lowest BCUT2D eigenvalue weighted by molar-refractivity contribution is 0.0375. The van der Waals surface area contributed by atoms with E-state index in [-0.39, 0.29) is 6.54 Å². The number of rotatable bonds is 5. The highest BCUT2D eigenvalue weighted by molar-refractivity contribution is 5.18. The Labute approximate surface area is 107 Å². The van der Waals surface area contributed by atoms with Crippen molar-refractivity contribution in [2.45, 2.75) is 12.6 Å². The smallest absolute Gasteiger partial charge is 0.122 e. The van der Waals surface area contributed by atoms with Crippen molar-refractivity contribution in [2.24, 2.45) is 0 Å². The molecule has 1 N–H and O–H groups in total. The normalized spacial score (nSPS) is 12.6. The van der Waals surface area contributed by atoms with Gasteiger partial charge >= 0.3 is 0 Å². The van der Waals surface area contributed by atoms with Gasteiger partial charge in [-0.05, 0) is 24.1 Å². The summed E-state index contributed by atoms with van der Waals surface area (Å²) in [5.74, 6) is 0. The van der Waals surface area contributed by atoms with Gasteiger partial charge in [0.05, 0.1) is 0 Å². The molecule has 2 aromatic carbocycles. The van der Waals surface area contributed by atoms with Crippen molar-refractivity contribution in [1.29, 1.82) is 0 Å². The zero-order chi connectivity index (χ0) is 12.8. The van der Waals surface area contributed by atoms with Crippen LogP contribution in [0.1, 0.15) is 17.4 Å². The first-order valence-corrected chi connectivity index (χ1v) is 5.98. The van der Waals surface area contributed by atoms with Crippen molar-refractivity contribution in [3.05, 3.63) is 77.0 Å². The van der Waals surface area contributed by atoms with E-state index < -0.39 is 6.23 Å². The molecule has 0 aliphatic heterocycles. The number of hydrogen-bond acceptors (Lipinski definition) is 3. The van der Waals surface area contributed by atoms with E-state index in [9.17, 15) is 10.3 Å². The van der Waals surface area contributed by atoms with Crippen LogP contribution in [0.25, 0.3) is 0 Å². The summed E-state index contributed by atoms with van der Waals surface area (Å²) in [7, 11) is 0. The molecule has 0 aliphatic rings. The second-order valence-electron chi connectivity index (χ2n) is 4.16. The zero-order valence-corrected chi connectivity index (χ0v) is 10.1. The first kappa shape index (κ1) is 12.8. The van der Waals surface area contributed by atoms with Crippen LogP contribution in [0.4, 0.5) is 0 Å². The molecule has 3 heteroatoms. The minimum absolute atomic E-state index is 0.278. The highest BCUT2D eigenvalue weighted by Crippen LogP contribution is 2.16. The Morgan fingerprint density at radius 3 is 2.11 bits per heavy atom. The predicted octanol–water partition coefficient (Wildman–Crippen LogP) is 2.72. The molecule has 1 unspecified atom stereocenters. The van der Waals surface area contributed by atoms with Crippen LogP contribution >= 0.6 is 0 Å². The Balaban J connectivity index is 1.90. The number of hydroxylamine groups is 2. The average Bonchev–Trinajstić information content (AvgIpc) is 2.46. The van der Waals surface area contributed by atoms with Gasteiger partial charge in [-0.25, -0.2) is 0 Å². The minimum atomic E-state index is -1.09. The Kier molecular flexibility index (Phi) is 4.47. The van der Waals surface area contributed by atoms with Crippen molar-refractivity contribution in [3.8, 4) is 0 Å². The van der Waals surface area contributed by atoms with E-state index in [0.29, 0.717) is 17.0 Å². The zero-order valence-electron chi connectivity index (χ0n) is 10.1. The lowest BCUT2D eigenvalue weighted by Gasteiger charge is -2.33. The molecule has 0 aromatic heterocycles. The molecule has 3 nitrogen and oxygen atoms in total. The summed E-state index contributed by atoms with van der Waals surface area (Å²) < 4.78 is 0. The maximum Gasteiger partial charge on any atom is 0.122 e. The van der Waals surface area contributed by atoms with Crippen molar-refractivity contribution < 1.29 is 5.11 Å². The average molecular weight is 242 g/mol. The maximum absolute atomic E-state index is 11.8. The highest BCUT2D eigenvalue weighted by atomic mass is 16.5. The number of aliphatic hydroxyl groups is 1. The summed E-state index contributed by atoms with van der Waals surface area (Å²) in [6, 6.07) is 18.7. The molecule has 2 aromatic rings. The topological polar surface area (TPSA) is 46.5 Å². The Bertz CT molecular complexity index is 458. The fourth-order valence-corrected chi connectivity index (χ4v) is 1.80. The number of nitrogens with zero attached hydrogens (tertiary/aromatic N) is 1. The van der Waals surface area contributed by atoms with Gasteiger partial charge in [0.2, 0.25) is 0 Å². The molecule has 0 bridgehead atoms. The van der Waals surface area contributed by atoms with Gasteiger partial charge in [-0.1, -0.05) is 60.7 Å². The molecule has 1 atom stereocenters. The quantitative estimate of drug-likeness (QED) is 0.647. The van der Waals surface area contributed by atoms with Gasteiger partial charge in [0.1, 0.15) is 6.23 Å². The van der Waals surface area contributed by atoms with Crippen molar-refractivity contribution in [1.82, 2.24) is 5.06 Å². The Hall–Kier alpha value is -1.68. The summed E-state index contributed by atoms with van der Waals surface area (Å²) in [5.41, 5.74) is 1.72. The number of aliphatic hydroxyl groups excluding tert-OH is 1. The van der Waals surface area contributed by atoms with Gasteiger partial charge in [-0.2, -0.15) is 0 Å². The summed E-state index contributed by atoms with van der Waals surface area (Å²) in [4.78, 5) is 0. The van der Waals surface area contributed by atoms with E-state index in [4.69, 9.17) is 0 Å². The monoisotopic (exact) mass is 242 g/mol. The van der Waals surface area contributed by atoms with Crippen LogP contribution in [0.5, 0.6) is 0 Å². The van der Waals surface area contributed by atoms with E-state index in [0.717, 1.165) is 5.56 Å². The van der Waals surface area contributed by atoms with Crippen LogP contribution in [0, 0.1) is 5.21 Å². The second kappa shape index (κ2) is 6.31. The number of benzene rings is 2. The van der Waals surface area contributed by atoms with Crippen LogP contribution in [-0.2, 0) is 6.42 Å². The van der Waals surface area contributed by atoms with Crippen molar-refractivity contribution in [2.75, 3.05) is 6.54 Å². The third kappa shape index (κ3) is 3.40. The van der Waals surface area contributed by atoms with Gasteiger partial charge in [0.25, 0.3) is 0 Å². The van der Waals surface area contributed by atoms with E-state index in [2.05, 4.69) is 0 Å². The van der Waals surface area contributed by atoms with Crippen LogP contribution in [0.2, 0.25) is 0 Å². The standard InChI is InChI=1S/C15H16NO2/c17-15(14-9-5-2-6-10-14)16(18)12-11-13-7-3-1-4-8-13/h1-10,15,17H,11-12H2/q-1. The van der Waals surface area contributed by atoms with Crippen LogP contribution in [0.15, 0.2) is 60.7 Å². The molecule has 0 aliphatic carbocycles.